The maximum absolute atomic E-state index is 14.3. The van der Waals surface area contributed by atoms with E-state index in [1.807, 2.05) is 54.6 Å². The highest BCUT2D eigenvalue weighted by atomic mass is 16.5. The quantitative estimate of drug-likeness (QED) is 0.202. The largest absolute Gasteiger partial charge is 0.492 e. The first-order valence-electron chi connectivity index (χ1n) is 14.7. The molecule has 0 spiro atoms. The number of fused-ring (bicyclic) bond motifs is 4. The Morgan fingerprint density at radius 3 is 1.71 bits per heavy atom. The first-order chi connectivity index (χ1) is 19.9. The second-order valence-electron chi connectivity index (χ2n) is 14.0. The van der Waals surface area contributed by atoms with Crippen molar-refractivity contribution in [1.82, 2.24) is 0 Å². The fourth-order valence-corrected chi connectivity index (χ4v) is 5.70. The first-order valence-corrected chi connectivity index (χ1v) is 14.7. The summed E-state index contributed by atoms with van der Waals surface area (Å²) in [7, 11) is 0. The molecule has 214 valence electrons. The fourth-order valence-electron chi connectivity index (χ4n) is 5.70. The Morgan fingerprint density at radius 2 is 1.14 bits per heavy atom. The van der Waals surface area contributed by atoms with Gasteiger partial charge < -0.3 is 9.47 Å². The van der Waals surface area contributed by atoms with Gasteiger partial charge in [-0.3, -0.25) is 9.59 Å². The van der Waals surface area contributed by atoms with E-state index in [0.29, 0.717) is 41.4 Å². The minimum atomic E-state index is -0.672. The zero-order chi connectivity index (χ0) is 29.8. The summed E-state index contributed by atoms with van der Waals surface area (Å²) < 4.78 is 13.1. The van der Waals surface area contributed by atoms with Crippen LogP contribution in [0.15, 0.2) is 78.9 Å². The molecule has 42 heavy (non-hydrogen) atoms. The Balaban J connectivity index is 1.59. The van der Waals surface area contributed by atoms with E-state index in [1.54, 1.807) is 0 Å². The second-order valence-corrected chi connectivity index (χ2v) is 14.0. The number of Topliss-reactive ketones (excluding diaryl/α,β-unsaturated/α-hetero) is 2. The summed E-state index contributed by atoms with van der Waals surface area (Å²) in [5.74, 6) is 0.599. The Bertz CT molecular complexity index is 1870. The van der Waals surface area contributed by atoms with Crippen LogP contribution in [0, 0.1) is 10.8 Å². The van der Waals surface area contributed by atoms with Crippen LogP contribution in [0.5, 0.6) is 11.5 Å². The van der Waals surface area contributed by atoms with Crippen molar-refractivity contribution in [2.75, 3.05) is 13.2 Å². The Labute approximate surface area is 247 Å². The van der Waals surface area contributed by atoms with Crippen LogP contribution >= 0.6 is 0 Å². The molecule has 0 saturated carbocycles. The highest BCUT2D eigenvalue weighted by Gasteiger charge is 2.37. The van der Waals surface area contributed by atoms with E-state index >= 15 is 0 Å². The molecule has 4 nitrogen and oxygen atoms in total. The van der Waals surface area contributed by atoms with E-state index in [2.05, 4.69) is 65.8 Å². The Morgan fingerprint density at radius 1 is 0.643 bits per heavy atom. The number of hydrogen-bond acceptors (Lipinski definition) is 4. The molecule has 1 aliphatic rings. The molecule has 0 radical (unpaired) electrons. The Kier molecular flexibility index (Phi) is 6.84. The van der Waals surface area contributed by atoms with Crippen molar-refractivity contribution < 1.29 is 19.1 Å². The average Bonchev–Trinajstić information content (AvgIpc) is 2.94. The van der Waals surface area contributed by atoms with Crippen molar-refractivity contribution in [2.45, 2.75) is 53.9 Å². The maximum Gasteiger partial charge on any atom is 0.171 e. The molecule has 1 unspecified atom stereocenters. The van der Waals surface area contributed by atoms with Gasteiger partial charge in [-0.05, 0) is 62.7 Å². The zero-order valence-corrected chi connectivity index (χ0v) is 25.3. The van der Waals surface area contributed by atoms with Crippen molar-refractivity contribution in [3.8, 4) is 11.5 Å². The van der Waals surface area contributed by atoms with Gasteiger partial charge >= 0.3 is 0 Å². The molecule has 0 N–H and O–H groups in total. The molecule has 6 rings (SSSR count). The summed E-state index contributed by atoms with van der Waals surface area (Å²) in [6, 6.07) is 26.1. The summed E-state index contributed by atoms with van der Waals surface area (Å²) >= 11 is 0. The van der Waals surface area contributed by atoms with Crippen molar-refractivity contribution in [3.63, 3.8) is 0 Å². The smallest absolute Gasteiger partial charge is 0.171 e. The molecule has 0 amide bonds. The molecule has 0 saturated heterocycles. The number of benzene rings is 5. The van der Waals surface area contributed by atoms with E-state index in [-0.39, 0.29) is 28.8 Å². The van der Waals surface area contributed by atoms with E-state index in [1.165, 1.54) is 0 Å². The third-order valence-corrected chi connectivity index (χ3v) is 7.79. The van der Waals surface area contributed by atoms with Crippen LogP contribution in [-0.2, 0) is 0 Å². The third-order valence-electron chi connectivity index (χ3n) is 7.79. The fraction of sp³-hybridized carbons (Fsp3) is 0.316. The normalized spacial score (nSPS) is 15.8. The number of ether oxygens (including phenoxy) is 2. The number of carbonyl (C=O) groups is 2. The molecule has 0 aromatic heterocycles. The van der Waals surface area contributed by atoms with E-state index < -0.39 is 5.92 Å². The molecule has 0 fully saturated rings. The van der Waals surface area contributed by atoms with Crippen molar-refractivity contribution in [2.24, 2.45) is 10.8 Å². The molecule has 0 heterocycles. The van der Waals surface area contributed by atoms with Crippen LogP contribution < -0.4 is 9.47 Å². The molecular formula is C38H38O4. The van der Waals surface area contributed by atoms with Gasteiger partial charge in [-0.15, -0.1) is 0 Å². The van der Waals surface area contributed by atoms with Crippen molar-refractivity contribution in [3.05, 3.63) is 95.6 Å². The third kappa shape index (κ3) is 5.38. The predicted molar refractivity (Wildman–Crippen MR) is 171 cm³/mol. The van der Waals surface area contributed by atoms with Gasteiger partial charge in [0.15, 0.2) is 11.6 Å². The van der Waals surface area contributed by atoms with Crippen molar-refractivity contribution >= 4 is 43.9 Å². The van der Waals surface area contributed by atoms with Gasteiger partial charge in [0.2, 0.25) is 0 Å². The lowest BCUT2D eigenvalue weighted by Gasteiger charge is -2.29. The number of hydrogen-bond donors (Lipinski definition) is 0. The summed E-state index contributed by atoms with van der Waals surface area (Å²) in [6.45, 7) is 13.7. The molecule has 0 aliphatic heterocycles. The number of ketones is 2. The molecule has 4 heteroatoms. The van der Waals surface area contributed by atoms with E-state index in [4.69, 9.17) is 9.47 Å². The van der Waals surface area contributed by atoms with Crippen LogP contribution in [0.2, 0.25) is 0 Å². The van der Waals surface area contributed by atoms with Gasteiger partial charge in [0, 0.05) is 33.9 Å². The van der Waals surface area contributed by atoms with Gasteiger partial charge in [0.1, 0.15) is 11.5 Å². The number of carbonyl (C=O) groups excluding carboxylic acids is 2. The summed E-state index contributed by atoms with van der Waals surface area (Å²) in [5.41, 5.74) is 1.51. The maximum atomic E-state index is 14.3. The van der Waals surface area contributed by atoms with Gasteiger partial charge in [-0.2, -0.15) is 0 Å². The topological polar surface area (TPSA) is 52.6 Å². The second kappa shape index (κ2) is 10.3. The minimum absolute atomic E-state index is 0.0297. The predicted octanol–water partition coefficient (Wildman–Crippen LogP) is 9.55. The standard InChI is InChI=1S/C38H38O4/c1-37(2,3)21-41-34-20-32(30-19-33(39)27-15-23-11-7-9-13-25(23)17-29(27)35(30)40)36(42-22-38(4,5)6)31-18-26-14-10-8-12-24(26)16-28(31)34/h7-18,20,30H,19,21-22H2,1-6H3. The average molecular weight is 559 g/mol. The molecule has 5 aromatic rings. The van der Waals surface area contributed by atoms with Gasteiger partial charge in [-0.1, -0.05) is 90.1 Å². The summed E-state index contributed by atoms with van der Waals surface area (Å²) in [4.78, 5) is 27.9. The van der Waals surface area contributed by atoms with Crippen molar-refractivity contribution in [1.29, 1.82) is 0 Å². The molecule has 1 atom stereocenters. The molecule has 5 aromatic carbocycles. The van der Waals surface area contributed by atoms with Gasteiger partial charge in [0.25, 0.3) is 0 Å². The first kappa shape index (κ1) is 28.0. The lowest BCUT2D eigenvalue weighted by molar-refractivity contribution is 0.0863. The lowest BCUT2D eigenvalue weighted by atomic mass is 9.76. The van der Waals surface area contributed by atoms with Crippen LogP contribution in [0.4, 0.5) is 0 Å². The monoisotopic (exact) mass is 558 g/mol. The highest BCUT2D eigenvalue weighted by molar-refractivity contribution is 6.19. The lowest BCUT2D eigenvalue weighted by Crippen LogP contribution is -2.27. The summed E-state index contributed by atoms with van der Waals surface area (Å²) in [6.07, 6.45) is 0.0911. The van der Waals surface area contributed by atoms with Gasteiger partial charge in [0.05, 0.1) is 19.1 Å². The summed E-state index contributed by atoms with van der Waals surface area (Å²) in [5, 5.41) is 5.91. The molecule has 1 aliphatic carbocycles. The van der Waals surface area contributed by atoms with E-state index in [9.17, 15) is 9.59 Å². The minimum Gasteiger partial charge on any atom is -0.492 e. The van der Waals surface area contributed by atoms with Crippen LogP contribution in [0.3, 0.4) is 0 Å². The molecular weight excluding hydrogens is 520 g/mol. The van der Waals surface area contributed by atoms with Crippen LogP contribution in [0.25, 0.3) is 32.3 Å². The Hall–Kier alpha value is -4.18. The molecule has 0 bridgehead atoms. The number of rotatable bonds is 5. The van der Waals surface area contributed by atoms with E-state index in [0.717, 1.165) is 32.3 Å². The van der Waals surface area contributed by atoms with Crippen LogP contribution in [0.1, 0.15) is 80.2 Å². The highest BCUT2D eigenvalue weighted by Crippen LogP contribution is 2.46. The zero-order valence-electron chi connectivity index (χ0n) is 25.3. The van der Waals surface area contributed by atoms with Gasteiger partial charge in [-0.25, -0.2) is 0 Å². The van der Waals surface area contributed by atoms with Crippen LogP contribution in [-0.4, -0.2) is 24.8 Å². The SMILES string of the molecule is CC(C)(C)COc1cc(C2CC(=O)c3cc4ccccc4cc3C2=O)c(OCC(C)(C)C)c2cc3ccccc3cc12.